The first-order valence-electron chi connectivity index (χ1n) is 8.96. The molecule has 2 aromatic rings. The van der Waals surface area contributed by atoms with Crippen molar-refractivity contribution in [2.75, 3.05) is 17.6 Å². The van der Waals surface area contributed by atoms with Crippen molar-refractivity contribution in [2.45, 2.75) is 0 Å². The van der Waals surface area contributed by atoms with Crippen LogP contribution in [0.5, 0.6) is 0 Å². The van der Waals surface area contributed by atoms with Crippen molar-refractivity contribution < 1.29 is 13.2 Å². The fraction of sp³-hybridized carbons (Fsp3) is 0.0909. The third-order valence-corrected chi connectivity index (χ3v) is 5.50. The van der Waals surface area contributed by atoms with E-state index in [1.165, 1.54) is 6.08 Å². The van der Waals surface area contributed by atoms with E-state index in [0.29, 0.717) is 17.1 Å². The highest BCUT2D eigenvalue weighted by Gasteiger charge is 2.24. The monoisotopic (exact) mass is 403 g/mol. The molecular weight excluding hydrogens is 386 g/mol. The van der Waals surface area contributed by atoms with Gasteiger partial charge in [-0.25, -0.2) is 8.42 Å². The average Bonchev–Trinajstić information content (AvgIpc) is 2.72. The molecule has 0 radical (unpaired) electrons. The van der Waals surface area contributed by atoms with Gasteiger partial charge in [0.1, 0.15) is 5.84 Å². The molecule has 6 nitrogen and oxygen atoms in total. The number of nitrogens with zero attached hydrogens (tertiary/aromatic N) is 2. The van der Waals surface area contributed by atoms with E-state index in [1.807, 2.05) is 42.5 Å². The van der Waals surface area contributed by atoms with Gasteiger partial charge >= 0.3 is 0 Å². The number of sulfonamides is 1. The Morgan fingerprint density at radius 1 is 1.00 bits per heavy atom. The second-order valence-corrected chi connectivity index (χ2v) is 8.25. The van der Waals surface area contributed by atoms with Crippen molar-refractivity contribution >= 4 is 27.5 Å². The number of carbonyl (C=O) groups excluding carboxylic acids is 1. The lowest BCUT2D eigenvalue weighted by molar-refractivity contribution is -0.112. The molecule has 0 aromatic heterocycles. The molecule has 2 heterocycles. The Kier molecular flexibility index (Phi) is 5.02. The van der Waals surface area contributed by atoms with E-state index in [2.05, 4.69) is 21.6 Å². The topological polar surface area (TPSA) is 78.8 Å². The van der Waals surface area contributed by atoms with E-state index in [9.17, 15) is 13.2 Å². The Hall–Kier alpha value is -3.63. The van der Waals surface area contributed by atoms with Crippen molar-refractivity contribution in [2.24, 2.45) is 4.40 Å². The van der Waals surface area contributed by atoms with Crippen LogP contribution in [0.3, 0.4) is 0 Å². The Bertz CT molecular complexity index is 1220. The molecule has 7 heteroatoms. The fourth-order valence-electron chi connectivity index (χ4n) is 2.88. The van der Waals surface area contributed by atoms with Crippen molar-refractivity contribution in [3.8, 4) is 11.8 Å². The predicted octanol–water partition coefficient (Wildman–Crippen LogP) is 2.52. The van der Waals surface area contributed by atoms with Crippen LogP contribution in [-0.4, -0.2) is 37.4 Å². The number of fused-ring (bicyclic) bond motifs is 1. The highest BCUT2D eigenvalue weighted by molar-refractivity contribution is 7.90. The van der Waals surface area contributed by atoms with Crippen LogP contribution in [0.4, 0.5) is 5.69 Å². The van der Waals surface area contributed by atoms with Crippen molar-refractivity contribution in [3.05, 3.63) is 89.6 Å². The van der Waals surface area contributed by atoms with Gasteiger partial charge in [-0.15, -0.1) is 4.40 Å². The van der Waals surface area contributed by atoms with Crippen LogP contribution in [0.15, 0.2) is 82.9 Å². The van der Waals surface area contributed by atoms with E-state index in [4.69, 9.17) is 0 Å². The van der Waals surface area contributed by atoms with Crippen molar-refractivity contribution in [3.63, 3.8) is 0 Å². The lowest BCUT2D eigenvalue weighted by atomic mass is 10.1. The number of amidine groups is 1. The quantitative estimate of drug-likeness (QED) is 0.782. The SMILES string of the molecule is O=C(Nc1cccc(C#Cc2ccccc2)c1)C1=CN2CCS(=O)(=O)N=C2C=C1. The van der Waals surface area contributed by atoms with Gasteiger partial charge in [0.05, 0.1) is 11.3 Å². The molecule has 0 fully saturated rings. The summed E-state index contributed by atoms with van der Waals surface area (Å²) in [6, 6.07) is 17.0. The lowest BCUT2D eigenvalue weighted by Crippen LogP contribution is -2.37. The molecule has 0 atom stereocenters. The maximum atomic E-state index is 12.6. The van der Waals surface area contributed by atoms with Crippen LogP contribution < -0.4 is 5.32 Å². The molecule has 0 unspecified atom stereocenters. The predicted molar refractivity (Wildman–Crippen MR) is 113 cm³/mol. The molecule has 2 aliphatic rings. The molecule has 1 N–H and O–H groups in total. The number of hydrogen-bond acceptors (Lipinski definition) is 4. The van der Waals surface area contributed by atoms with Crippen LogP contribution in [-0.2, 0) is 14.8 Å². The first-order valence-corrected chi connectivity index (χ1v) is 10.6. The molecule has 0 saturated carbocycles. The molecule has 2 aromatic carbocycles. The highest BCUT2D eigenvalue weighted by Crippen LogP contribution is 2.18. The smallest absolute Gasteiger partial charge is 0.257 e. The number of hydrogen-bond donors (Lipinski definition) is 1. The Balaban J connectivity index is 1.48. The maximum absolute atomic E-state index is 12.6. The van der Waals surface area contributed by atoms with Crippen molar-refractivity contribution in [1.82, 2.24) is 4.90 Å². The second-order valence-electron chi connectivity index (χ2n) is 6.50. The molecule has 4 rings (SSSR count). The molecule has 0 bridgehead atoms. The third kappa shape index (κ3) is 4.62. The van der Waals surface area contributed by atoms with E-state index >= 15 is 0 Å². The van der Waals surface area contributed by atoms with E-state index in [0.717, 1.165) is 11.1 Å². The third-order valence-electron chi connectivity index (χ3n) is 4.33. The second kappa shape index (κ2) is 7.78. The number of amides is 1. The van der Waals surface area contributed by atoms with Crippen LogP contribution in [0.25, 0.3) is 0 Å². The zero-order chi connectivity index (χ0) is 20.3. The molecule has 0 aliphatic carbocycles. The number of nitrogens with one attached hydrogen (secondary N) is 1. The zero-order valence-electron chi connectivity index (χ0n) is 15.4. The summed E-state index contributed by atoms with van der Waals surface area (Å²) in [5, 5.41) is 2.85. The number of benzene rings is 2. The van der Waals surface area contributed by atoms with Gasteiger partial charge in [-0.3, -0.25) is 4.79 Å². The highest BCUT2D eigenvalue weighted by atomic mass is 32.2. The van der Waals surface area contributed by atoms with Gasteiger partial charge in [0, 0.05) is 29.6 Å². The van der Waals surface area contributed by atoms with Crippen LogP contribution in [0.2, 0.25) is 0 Å². The normalized spacial score (nSPS) is 16.6. The maximum Gasteiger partial charge on any atom is 0.257 e. The van der Waals surface area contributed by atoms with E-state index < -0.39 is 10.0 Å². The summed E-state index contributed by atoms with van der Waals surface area (Å²) >= 11 is 0. The molecule has 0 spiro atoms. The largest absolute Gasteiger partial charge is 0.330 e. The summed E-state index contributed by atoms with van der Waals surface area (Å²) < 4.78 is 26.9. The van der Waals surface area contributed by atoms with Gasteiger partial charge in [-0.2, -0.15) is 0 Å². The van der Waals surface area contributed by atoms with Gasteiger partial charge in [0.25, 0.3) is 15.9 Å². The van der Waals surface area contributed by atoms with Gasteiger partial charge in [-0.1, -0.05) is 36.1 Å². The van der Waals surface area contributed by atoms with Crippen LogP contribution in [0.1, 0.15) is 11.1 Å². The standard InChI is InChI=1S/C22H17N3O3S/c26-22(19-11-12-21-24-29(27,28)14-13-25(21)16-19)23-20-8-4-7-18(15-20)10-9-17-5-2-1-3-6-17/h1-8,11-12,15-16H,13-14H2,(H,23,26). The molecule has 144 valence electrons. The minimum atomic E-state index is -3.42. The molecule has 2 aliphatic heterocycles. The Morgan fingerprint density at radius 2 is 1.76 bits per heavy atom. The van der Waals surface area contributed by atoms with Gasteiger partial charge in [0.2, 0.25) is 0 Å². The molecular formula is C22H17N3O3S. The van der Waals surface area contributed by atoms with Crippen molar-refractivity contribution in [1.29, 1.82) is 0 Å². The number of carbonyl (C=O) groups is 1. The minimum Gasteiger partial charge on any atom is -0.330 e. The fourth-order valence-corrected chi connectivity index (χ4v) is 3.85. The van der Waals surface area contributed by atoms with Gasteiger partial charge in [-0.05, 0) is 42.5 Å². The first-order chi connectivity index (χ1) is 14.0. The molecule has 29 heavy (non-hydrogen) atoms. The number of rotatable bonds is 2. The molecule has 0 saturated heterocycles. The summed E-state index contributed by atoms with van der Waals surface area (Å²) in [5.74, 6) is 6.14. The average molecular weight is 403 g/mol. The zero-order valence-corrected chi connectivity index (χ0v) is 16.2. The van der Waals surface area contributed by atoms with E-state index in [1.54, 1.807) is 29.3 Å². The van der Waals surface area contributed by atoms with Crippen LogP contribution in [0, 0.1) is 11.8 Å². The Morgan fingerprint density at radius 3 is 2.59 bits per heavy atom. The summed E-state index contributed by atoms with van der Waals surface area (Å²) in [6.07, 6.45) is 4.71. The van der Waals surface area contributed by atoms with Crippen LogP contribution >= 0.6 is 0 Å². The summed E-state index contributed by atoms with van der Waals surface area (Å²) in [4.78, 5) is 14.3. The summed E-state index contributed by atoms with van der Waals surface area (Å²) in [7, 11) is -3.42. The van der Waals surface area contributed by atoms with E-state index in [-0.39, 0.29) is 18.2 Å². The number of anilines is 1. The summed E-state index contributed by atoms with van der Waals surface area (Å²) in [5.41, 5.74) is 2.75. The summed E-state index contributed by atoms with van der Waals surface area (Å²) in [6.45, 7) is 0.271. The first kappa shape index (κ1) is 18.7. The Labute approximate surface area is 169 Å². The van der Waals surface area contributed by atoms with Gasteiger partial charge < -0.3 is 10.2 Å². The lowest BCUT2D eigenvalue weighted by Gasteiger charge is -2.26. The van der Waals surface area contributed by atoms with Gasteiger partial charge in [0.15, 0.2) is 0 Å². The molecule has 1 amide bonds. The minimum absolute atomic E-state index is 0.0716.